The summed E-state index contributed by atoms with van der Waals surface area (Å²) in [6.07, 6.45) is 11.1. The summed E-state index contributed by atoms with van der Waals surface area (Å²) >= 11 is 0. The van der Waals surface area contributed by atoms with E-state index in [0.717, 1.165) is 24.3 Å². The van der Waals surface area contributed by atoms with E-state index in [1.165, 1.54) is 43.2 Å². The van der Waals surface area contributed by atoms with Gasteiger partial charge in [-0.15, -0.1) is 0 Å². The van der Waals surface area contributed by atoms with Crippen LogP contribution in [0.2, 0.25) is 0 Å². The molecule has 1 saturated heterocycles. The van der Waals surface area contributed by atoms with E-state index in [1.807, 2.05) is 12.3 Å². The molecule has 4 heterocycles. The second kappa shape index (κ2) is 4.44. The van der Waals surface area contributed by atoms with Crippen molar-refractivity contribution in [3.05, 3.63) is 24.3 Å². The molecule has 0 aliphatic carbocycles. The summed E-state index contributed by atoms with van der Waals surface area (Å²) in [5, 5.41) is 1.19. The van der Waals surface area contributed by atoms with Crippen LogP contribution < -0.4 is 4.90 Å². The molecule has 0 radical (unpaired) electrons. The Hall–Kier alpha value is -1.71. The van der Waals surface area contributed by atoms with Gasteiger partial charge in [0.05, 0.1) is 16.6 Å². The quantitative estimate of drug-likeness (QED) is 0.725. The number of rotatable bonds is 0. The summed E-state index contributed by atoms with van der Waals surface area (Å²) in [6, 6.07) is 2.64. The van der Waals surface area contributed by atoms with Gasteiger partial charge in [0.1, 0.15) is 12.1 Å². The van der Waals surface area contributed by atoms with E-state index in [2.05, 4.69) is 19.9 Å². The number of aryl methyl sites for hydroxylation is 1. The second-order valence-electron chi connectivity index (χ2n) is 5.58. The Morgan fingerprint density at radius 3 is 3.05 bits per heavy atom. The lowest BCUT2D eigenvalue weighted by atomic mass is 10.0. The molecule has 0 N–H and O–H groups in total. The highest BCUT2D eigenvalue weighted by Crippen LogP contribution is 2.34. The van der Waals surface area contributed by atoms with Crippen LogP contribution in [0.15, 0.2) is 18.6 Å². The minimum Gasteiger partial charge on any atom is -0.353 e. The first-order valence-corrected chi connectivity index (χ1v) is 7.29. The highest BCUT2D eigenvalue weighted by atomic mass is 15.2. The maximum Gasteiger partial charge on any atom is 0.141 e. The Morgan fingerprint density at radius 2 is 2.05 bits per heavy atom. The van der Waals surface area contributed by atoms with E-state index in [0.29, 0.717) is 6.04 Å². The third-order valence-corrected chi connectivity index (χ3v) is 4.47. The first kappa shape index (κ1) is 11.1. The van der Waals surface area contributed by atoms with Crippen LogP contribution in [-0.2, 0) is 6.42 Å². The molecule has 2 aliphatic rings. The molecule has 4 nitrogen and oxygen atoms in total. The molecule has 0 saturated carbocycles. The van der Waals surface area contributed by atoms with Crippen LogP contribution in [0.25, 0.3) is 10.9 Å². The van der Waals surface area contributed by atoms with E-state index in [1.54, 1.807) is 6.33 Å². The van der Waals surface area contributed by atoms with Crippen molar-refractivity contribution in [2.45, 2.75) is 44.6 Å². The summed E-state index contributed by atoms with van der Waals surface area (Å²) in [5.41, 5.74) is 2.22. The van der Waals surface area contributed by atoms with E-state index in [4.69, 9.17) is 0 Å². The van der Waals surface area contributed by atoms with Crippen molar-refractivity contribution in [2.75, 3.05) is 11.4 Å². The third kappa shape index (κ3) is 1.78. The van der Waals surface area contributed by atoms with Gasteiger partial charge in [0.2, 0.25) is 0 Å². The van der Waals surface area contributed by atoms with Crippen molar-refractivity contribution >= 4 is 16.7 Å². The Morgan fingerprint density at radius 1 is 1.05 bits per heavy atom. The van der Waals surface area contributed by atoms with Gasteiger partial charge in [0.25, 0.3) is 0 Å². The fraction of sp³-hybridized carbons (Fsp3) is 0.533. The molecular weight excluding hydrogens is 236 g/mol. The molecule has 0 bridgehead atoms. The SMILES string of the molecule is c1cc2ncnc3c2c(n1)CCC1CCCCCN31. The highest BCUT2D eigenvalue weighted by molar-refractivity contribution is 5.91. The summed E-state index contributed by atoms with van der Waals surface area (Å²) in [7, 11) is 0. The van der Waals surface area contributed by atoms with E-state index in [9.17, 15) is 0 Å². The average molecular weight is 254 g/mol. The number of aromatic nitrogens is 3. The zero-order valence-electron chi connectivity index (χ0n) is 11.0. The highest BCUT2D eigenvalue weighted by Gasteiger charge is 2.28. The molecule has 1 unspecified atom stereocenters. The minimum absolute atomic E-state index is 0.634. The smallest absolute Gasteiger partial charge is 0.141 e. The van der Waals surface area contributed by atoms with Gasteiger partial charge in [0, 0.05) is 18.8 Å². The minimum atomic E-state index is 0.634. The number of hydrogen-bond acceptors (Lipinski definition) is 4. The number of pyridine rings is 1. The fourth-order valence-electron chi connectivity index (χ4n) is 3.52. The van der Waals surface area contributed by atoms with Crippen molar-refractivity contribution in [1.29, 1.82) is 0 Å². The molecule has 98 valence electrons. The maximum atomic E-state index is 4.60. The molecular formula is C15H18N4. The largest absolute Gasteiger partial charge is 0.353 e. The van der Waals surface area contributed by atoms with Gasteiger partial charge >= 0.3 is 0 Å². The molecule has 0 spiro atoms. The van der Waals surface area contributed by atoms with Crippen molar-refractivity contribution in [2.24, 2.45) is 0 Å². The van der Waals surface area contributed by atoms with Crippen molar-refractivity contribution < 1.29 is 0 Å². The van der Waals surface area contributed by atoms with Crippen molar-refractivity contribution in [3.63, 3.8) is 0 Å². The molecule has 2 aromatic heterocycles. The summed E-state index contributed by atoms with van der Waals surface area (Å²) in [6.45, 7) is 1.13. The van der Waals surface area contributed by atoms with Crippen LogP contribution in [0.4, 0.5) is 5.82 Å². The van der Waals surface area contributed by atoms with Crippen LogP contribution in [0, 0.1) is 0 Å². The van der Waals surface area contributed by atoms with Crippen LogP contribution >= 0.6 is 0 Å². The lowest BCUT2D eigenvalue weighted by molar-refractivity contribution is 0.535. The van der Waals surface area contributed by atoms with Crippen LogP contribution in [-0.4, -0.2) is 27.5 Å². The molecule has 19 heavy (non-hydrogen) atoms. The molecule has 4 rings (SSSR count). The van der Waals surface area contributed by atoms with Crippen molar-refractivity contribution in [3.8, 4) is 0 Å². The Balaban J connectivity index is 1.94. The molecule has 4 heteroatoms. The third-order valence-electron chi connectivity index (χ3n) is 4.47. The lowest BCUT2D eigenvalue weighted by Gasteiger charge is -2.29. The molecule has 1 atom stereocenters. The zero-order valence-corrected chi connectivity index (χ0v) is 11.0. The molecule has 0 aromatic carbocycles. The fourth-order valence-corrected chi connectivity index (χ4v) is 3.52. The summed E-state index contributed by atoms with van der Waals surface area (Å²) in [5.74, 6) is 1.12. The summed E-state index contributed by atoms with van der Waals surface area (Å²) < 4.78 is 0. The first-order valence-electron chi connectivity index (χ1n) is 7.29. The number of hydrogen-bond donors (Lipinski definition) is 0. The maximum absolute atomic E-state index is 4.60. The monoisotopic (exact) mass is 254 g/mol. The first-order chi connectivity index (χ1) is 9.43. The second-order valence-corrected chi connectivity index (χ2v) is 5.58. The van der Waals surface area contributed by atoms with E-state index < -0.39 is 0 Å². The zero-order chi connectivity index (χ0) is 12.7. The van der Waals surface area contributed by atoms with Crippen LogP contribution in [0.1, 0.15) is 37.8 Å². The average Bonchev–Trinajstić information content (AvgIpc) is 2.76. The van der Waals surface area contributed by atoms with E-state index >= 15 is 0 Å². The van der Waals surface area contributed by atoms with Gasteiger partial charge in [-0.3, -0.25) is 4.98 Å². The van der Waals surface area contributed by atoms with Crippen molar-refractivity contribution in [1.82, 2.24) is 15.0 Å². The van der Waals surface area contributed by atoms with Gasteiger partial charge in [-0.05, 0) is 31.7 Å². The van der Waals surface area contributed by atoms with E-state index in [-0.39, 0.29) is 0 Å². The predicted molar refractivity (Wildman–Crippen MR) is 75.3 cm³/mol. The van der Waals surface area contributed by atoms with Gasteiger partial charge in [-0.2, -0.15) is 0 Å². The van der Waals surface area contributed by atoms with Gasteiger partial charge in [0.15, 0.2) is 0 Å². The van der Waals surface area contributed by atoms with Gasteiger partial charge < -0.3 is 4.90 Å². The number of nitrogens with zero attached hydrogens (tertiary/aromatic N) is 4. The van der Waals surface area contributed by atoms with Crippen LogP contribution in [0.3, 0.4) is 0 Å². The predicted octanol–water partition coefficient (Wildman–Crippen LogP) is 2.72. The molecule has 2 aromatic rings. The lowest BCUT2D eigenvalue weighted by Crippen LogP contribution is -2.35. The van der Waals surface area contributed by atoms with Crippen LogP contribution in [0.5, 0.6) is 0 Å². The molecule has 2 aliphatic heterocycles. The molecule has 0 amide bonds. The number of fused-ring (bicyclic) bond motifs is 2. The number of anilines is 1. The molecule has 1 fully saturated rings. The topological polar surface area (TPSA) is 41.9 Å². The Kier molecular flexibility index (Phi) is 2.60. The Bertz CT molecular complexity index is 605. The van der Waals surface area contributed by atoms with Gasteiger partial charge in [-0.1, -0.05) is 12.8 Å². The Labute approximate surface area is 112 Å². The summed E-state index contributed by atoms with van der Waals surface area (Å²) in [4.78, 5) is 16.1. The normalized spacial score (nSPS) is 22.7. The van der Waals surface area contributed by atoms with Gasteiger partial charge in [-0.25, -0.2) is 9.97 Å². The standard InChI is InChI=1S/C15H18N4/c1-2-4-11-5-6-12-14-13(7-8-16-12)17-10-18-15(14)19(11)9-3-1/h7-8,10-11H,1-6,9H2.